The second-order valence-corrected chi connectivity index (χ2v) is 5.58. The molecule has 0 atom stereocenters. The van der Waals surface area contributed by atoms with Crippen LogP contribution in [0.1, 0.15) is 35.7 Å². The van der Waals surface area contributed by atoms with Crippen LogP contribution in [0, 0.1) is 0 Å². The summed E-state index contributed by atoms with van der Waals surface area (Å²) in [5, 5.41) is 0. The minimum Gasteiger partial charge on any atom is -0.457 e. The molecule has 3 heteroatoms. The first kappa shape index (κ1) is 12.7. The van der Waals surface area contributed by atoms with Gasteiger partial charge in [0.25, 0.3) is 0 Å². The van der Waals surface area contributed by atoms with Crippen LogP contribution >= 0.6 is 0 Å². The maximum atomic E-state index is 11.0. The van der Waals surface area contributed by atoms with E-state index in [9.17, 15) is 4.79 Å². The molecule has 3 nitrogen and oxygen atoms in total. The van der Waals surface area contributed by atoms with Crippen LogP contribution in [0.15, 0.2) is 48.5 Å². The van der Waals surface area contributed by atoms with Crippen molar-refractivity contribution in [2.24, 2.45) is 5.73 Å². The van der Waals surface area contributed by atoms with E-state index in [1.165, 1.54) is 18.4 Å². The van der Waals surface area contributed by atoms with Gasteiger partial charge >= 0.3 is 0 Å². The average molecular weight is 267 g/mol. The second kappa shape index (κ2) is 4.67. The molecule has 0 bridgehead atoms. The lowest BCUT2D eigenvalue weighted by molar-refractivity contribution is 0.100. The first-order valence-electron chi connectivity index (χ1n) is 6.75. The zero-order valence-corrected chi connectivity index (χ0v) is 11.4. The topological polar surface area (TPSA) is 52.3 Å². The van der Waals surface area contributed by atoms with E-state index in [1.807, 2.05) is 12.1 Å². The summed E-state index contributed by atoms with van der Waals surface area (Å²) in [5.41, 5.74) is 7.43. The van der Waals surface area contributed by atoms with Crippen LogP contribution in [0.4, 0.5) is 0 Å². The summed E-state index contributed by atoms with van der Waals surface area (Å²) in [6, 6.07) is 15.0. The number of rotatable bonds is 4. The molecule has 0 aromatic heterocycles. The highest BCUT2D eigenvalue weighted by Gasteiger charge is 2.38. The van der Waals surface area contributed by atoms with Gasteiger partial charge in [-0.3, -0.25) is 4.79 Å². The van der Waals surface area contributed by atoms with Crippen LogP contribution in [0.5, 0.6) is 11.5 Å². The van der Waals surface area contributed by atoms with Crippen molar-refractivity contribution >= 4 is 5.91 Å². The summed E-state index contributed by atoms with van der Waals surface area (Å²) in [6.45, 7) is 2.28. The number of amides is 1. The third-order valence-electron chi connectivity index (χ3n) is 3.93. The van der Waals surface area contributed by atoms with E-state index in [4.69, 9.17) is 10.5 Å². The van der Waals surface area contributed by atoms with Gasteiger partial charge in [-0.25, -0.2) is 0 Å². The van der Waals surface area contributed by atoms with Crippen molar-refractivity contribution < 1.29 is 9.53 Å². The first-order valence-corrected chi connectivity index (χ1v) is 6.75. The number of primary amides is 1. The fraction of sp³-hybridized carbons (Fsp3) is 0.235. The van der Waals surface area contributed by atoms with Gasteiger partial charge in [0.2, 0.25) is 5.91 Å². The van der Waals surface area contributed by atoms with Crippen molar-refractivity contribution in [2.45, 2.75) is 25.2 Å². The molecule has 0 heterocycles. The Morgan fingerprint density at radius 2 is 1.50 bits per heavy atom. The number of nitrogens with two attached hydrogens (primary N) is 1. The number of hydrogen-bond donors (Lipinski definition) is 1. The van der Waals surface area contributed by atoms with E-state index in [0.717, 1.165) is 5.75 Å². The van der Waals surface area contributed by atoms with Crippen molar-refractivity contribution in [1.82, 2.24) is 0 Å². The zero-order chi connectivity index (χ0) is 14.2. The Labute approximate surface area is 118 Å². The molecule has 1 fully saturated rings. The quantitative estimate of drug-likeness (QED) is 0.919. The van der Waals surface area contributed by atoms with Crippen LogP contribution in [0.25, 0.3) is 0 Å². The number of benzene rings is 2. The molecule has 0 spiro atoms. The zero-order valence-electron chi connectivity index (χ0n) is 11.4. The van der Waals surface area contributed by atoms with Gasteiger partial charge in [0, 0.05) is 5.56 Å². The predicted octanol–water partition coefficient (Wildman–Crippen LogP) is 3.63. The Morgan fingerprint density at radius 3 is 1.95 bits per heavy atom. The summed E-state index contributed by atoms with van der Waals surface area (Å²) in [4.78, 5) is 11.0. The molecule has 2 N–H and O–H groups in total. The summed E-state index contributed by atoms with van der Waals surface area (Å²) in [6.07, 6.45) is 2.53. The number of carbonyl (C=O) groups excluding carboxylic acids is 1. The van der Waals surface area contributed by atoms with Crippen molar-refractivity contribution in [3.05, 3.63) is 59.7 Å². The predicted molar refractivity (Wildman–Crippen MR) is 78.1 cm³/mol. The Bertz CT molecular complexity index is 625. The molecule has 1 saturated carbocycles. The number of hydrogen-bond acceptors (Lipinski definition) is 2. The van der Waals surface area contributed by atoms with E-state index in [1.54, 1.807) is 24.3 Å². The Balaban J connectivity index is 1.72. The van der Waals surface area contributed by atoms with E-state index in [0.29, 0.717) is 16.7 Å². The Hall–Kier alpha value is -2.29. The molecule has 0 radical (unpaired) electrons. The lowest BCUT2D eigenvalue weighted by atomic mass is 9.99. The van der Waals surface area contributed by atoms with Crippen LogP contribution in [-0.2, 0) is 5.41 Å². The summed E-state index contributed by atoms with van der Waals surface area (Å²) in [7, 11) is 0. The number of ether oxygens (including phenoxy) is 1. The highest BCUT2D eigenvalue weighted by atomic mass is 16.5. The third kappa shape index (κ3) is 2.52. The fourth-order valence-electron chi connectivity index (χ4n) is 2.22. The molecule has 1 aliphatic rings. The minimum atomic E-state index is -0.432. The van der Waals surface area contributed by atoms with Gasteiger partial charge in [-0.2, -0.15) is 0 Å². The molecule has 0 saturated heterocycles. The first-order chi connectivity index (χ1) is 9.57. The average Bonchev–Trinajstić information content (AvgIpc) is 3.19. The molecule has 2 aromatic rings. The molecule has 20 heavy (non-hydrogen) atoms. The van der Waals surface area contributed by atoms with Gasteiger partial charge in [0.15, 0.2) is 0 Å². The maximum Gasteiger partial charge on any atom is 0.248 e. The van der Waals surface area contributed by atoms with Gasteiger partial charge in [-0.1, -0.05) is 19.1 Å². The Morgan fingerprint density at radius 1 is 1.00 bits per heavy atom. The molecule has 2 aromatic carbocycles. The largest absolute Gasteiger partial charge is 0.457 e. The molecule has 1 aliphatic carbocycles. The highest BCUT2D eigenvalue weighted by molar-refractivity contribution is 5.92. The van der Waals surface area contributed by atoms with Gasteiger partial charge < -0.3 is 10.5 Å². The maximum absolute atomic E-state index is 11.0. The van der Waals surface area contributed by atoms with Gasteiger partial charge in [-0.15, -0.1) is 0 Å². The highest BCUT2D eigenvalue weighted by Crippen LogP contribution is 2.47. The fourth-order valence-corrected chi connectivity index (χ4v) is 2.22. The monoisotopic (exact) mass is 267 g/mol. The minimum absolute atomic E-state index is 0.377. The normalized spacial score (nSPS) is 15.7. The number of carbonyl (C=O) groups is 1. The Kier molecular flexibility index (Phi) is 2.97. The van der Waals surface area contributed by atoms with Crippen molar-refractivity contribution in [3.8, 4) is 11.5 Å². The van der Waals surface area contributed by atoms with Crippen LogP contribution in [0.3, 0.4) is 0 Å². The molecular formula is C17H17NO2. The standard InChI is InChI=1S/C17H17NO2/c1-17(10-11-17)13-4-8-15(9-5-13)20-14-6-2-12(3-7-14)16(18)19/h2-9H,10-11H2,1H3,(H2,18,19). The van der Waals surface area contributed by atoms with E-state index in [-0.39, 0.29) is 0 Å². The molecule has 0 unspecified atom stereocenters. The van der Waals surface area contributed by atoms with Crippen LogP contribution in [0.2, 0.25) is 0 Å². The van der Waals surface area contributed by atoms with Crippen molar-refractivity contribution in [3.63, 3.8) is 0 Å². The van der Waals surface area contributed by atoms with Gasteiger partial charge in [-0.05, 0) is 60.2 Å². The van der Waals surface area contributed by atoms with Crippen molar-refractivity contribution in [2.75, 3.05) is 0 Å². The lowest BCUT2D eigenvalue weighted by Gasteiger charge is -2.10. The van der Waals surface area contributed by atoms with Gasteiger partial charge in [0.1, 0.15) is 11.5 Å². The second-order valence-electron chi connectivity index (χ2n) is 5.58. The van der Waals surface area contributed by atoms with Crippen molar-refractivity contribution in [1.29, 1.82) is 0 Å². The molecule has 102 valence electrons. The van der Waals surface area contributed by atoms with Gasteiger partial charge in [0.05, 0.1) is 0 Å². The third-order valence-corrected chi connectivity index (χ3v) is 3.93. The molecular weight excluding hydrogens is 250 g/mol. The molecule has 1 amide bonds. The SMILES string of the molecule is CC1(c2ccc(Oc3ccc(C(N)=O)cc3)cc2)CC1. The van der Waals surface area contributed by atoms with E-state index < -0.39 is 5.91 Å². The molecule has 3 rings (SSSR count). The van der Waals surface area contributed by atoms with E-state index in [2.05, 4.69) is 19.1 Å². The van der Waals surface area contributed by atoms with Crippen LogP contribution < -0.4 is 10.5 Å². The lowest BCUT2D eigenvalue weighted by Crippen LogP contribution is -2.10. The smallest absolute Gasteiger partial charge is 0.248 e. The van der Waals surface area contributed by atoms with E-state index >= 15 is 0 Å². The van der Waals surface area contributed by atoms with Crippen LogP contribution in [-0.4, -0.2) is 5.91 Å². The summed E-state index contributed by atoms with van der Waals surface area (Å²) >= 11 is 0. The summed E-state index contributed by atoms with van der Waals surface area (Å²) < 4.78 is 5.75. The molecule has 0 aliphatic heterocycles. The summed E-state index contributed by atoms with van der Waals surface area (Å²) in [5.74, 6) is 1.06.